The molecule has 0 fully saturated rings. The van der Waals surface area contributed by atoms with Crippen LogP contribution in [0.4, 0.5) is 0 Å². The van der Waals surface area contributed by atoms with Gasteiger partial charge in [-0.25, -0.2) is 0 Å². The Morgan fingerprint density at radius 3 is 2.42 bits per heavy atom. The van der Waals surface area contributed by atoms with Crippen LogP contribution in [-0.4, -0.2) is 21.9 Å². The monoisotopic (exact) mass is 391 g/mol. The summed E-state index contributed by atoms with van der Waals surface area (Å²) in [5.41, 5.74) is 3.34. The van der Waals surface area contributed by atoms with Crippen LogP contribution in [0, 0.1) is 0 Å². The molecule has 0 atom stereocenters. The van der Waals surface area contributed by atoms with Crippen molar-refractivity contribution in [1.29, 1.82) is 0 Å². The zero-order valence-electron chi connectivity index (χ0n) is 13.0. The Balaban J connectivity index is 1.83. The second-order valence-electron chi connectivity index (χ2n) is 5.26. The summed E-state index contributed by atoms with van der Waals surface area (Å²) in [7, 11) is 0. The van der Waals surface area contributed by atoms with Crippen LogP contribution in [0.25, 0.3) is 10.9 Å². The molecule has 0 aliphatic rings. The number of hydrogen-bond acceptors (Lipinski definition) is 4. The van der Waals surface area contributed by atoms with Crippen LogP contribution >= 0.6 is 23.2 Å². The van der Waals surface area contributed by atoms with Gasteiger partial charge in [0.15, 0.2) is 0 Å². The van der Waals surface area contributed by atoms with Crippen molar-refractivity contribution < 1.29 is 14.7 Å². The van der Waals surface area contributed by atoms with Gasteiger partial charge in [0.1, 0.15) is 11.3 Å². The number of carbonyl (C=O) groups is 2. The summed E-state index contributed by atoms with van der Waals surface area (Å²) >= 11 is 11.7. The number of fused-ring (bicyclic) bond motifs is 1. The molecule has 4 N–H and O–H groups in total. The number of nitrogens with one attached hydrogen (secondary N) is 3. The first kappa shape index (κ1) is 17.8. The van der Waals surface area contributed by atoms with Gasteiger partial charge in [-0.3, -0.25) is 25.2 Å². The highest BCUT2D eigenvalue weighted by Crippen LogP contribution is 2.24. The van der Waals surface area contributed by atoms with E-state index in [1.54, 1.807) is 24.3 Å². The van der Waals surface area contributed by atoms with E-state index in [0.29, 0.717) is 15.9 Å². The Kier molecular flexibility index (Phi) is 4.83. The molecule has 3 rings (SSSR count). The highest BCUT2D eigenvalue weighted by Gasteiger charge is 2.20. The summed E-state index contributed by atoms with van der Waals surface area (Å²) in [5, 5.41) is 11.0. The summed E-state index contributed by atoms with van der Waals surface area (Å²) in [4.78, 5) is 38.9. The number of halogens is 2. The number of para-hydroxylation sites is 1. The number of aromatic amines is 1. The first-order valence-corrected chi connectivity index (χ1v) is 8.04. The lowest BCUT2D eigenvalue weighted by atomic mass is 10.1. The molecule has 9 heteroatoms. The number of pyridine rings is 1. The van der Waals surface area contributed by atoms with Crippen molar-refractivity contribution in [3.05, 3.63) is 74.0 Å². The van der Waals surface area contributed by atoms with E-state index in [4.69, 9.17) is 23.2 Å². The van der Waals surface area contributed by atoms with E-state index in [1.807, 2.05) is 0 Å². The van der Waals surface area contributed by atoms with Crippen LogP contribution in [0.2, 0.25) is 10.0 Å². The second kappa shape index (κ2) is 7.07. The molecule has 132 valence electrons. The van der Waals surface area contributed by atoms with Gasteiger partial charge in [-0.1, -0.05) is 35.3 Å². The average molecular weight is 392 g/mol. The highest BCUT2D eigenvalue weighted by atomic mass is 35.5. The van der Waals surface area contributed by atoms with Crippen molar-refractivity contribution in [1.82, 2.24) is 15.8 Å². The molecule has 0 saturated carbocycles. The Hall–Kier alpha value is -3.03. The quantitative estimate of drug-likeness (QED) is 0.503. The van der Waals surface area contributed by atoms with E-state index in [2.05, 4.69) is 15.8 Å². The van der Waals surface area contributed by atoms with Crippen LogP contribution in [0.5, 0.6) is 5.75 Å². The molecule has 1 aromatic heterocycles. The number of carbonyl (C=O) groups excluding carboxylic acids is 2. The van der Waals surface area contributed by atoms with Crippen LogP contribution in [0.15, 0.2) is 47.3 Å². The number of aromatic nitrogens is 1. The largest absolute Gasteiger partial charge is 0.506 e. The lowest BCUT2D eigenvalue weighted by molar-refractivity contribution is 0.0844. The smallest absolute Gasteiger partial charge is 0.279 e. The van der Waals surface area contributed by atoms with Crippen LogP contribution < -0.4 is 16.4 Å². The van der Waals surface area contributed by atoms with E-state index in [1.165, 1.54) is 18.2 Å². The van der Waals surface area contributed by atoms with Gasteiger partial charge in [0.2, 0.25) is 0 Å². The molecule has 0 unspecified atom stereocenters. The summed E-state index contributed by atoms with van der Waals surface area (Å²) < 4.78 is 0. The molecule has 2 aromatic carbocycles. The van der Waals surface area contributed by atoms with E-state index >= 15 is 0 Å². The molecule has 1 heterocycles. The molecule has 0 radical (unpaired) electrons. The van der Waals surface area contributed by atoms with Crippen molar-refractivity contribution in [2.75, 3.05) is 0 Å². The molecule has 3 aromatic rings. The van der Waals surface area contributed by atoms with Crippen molar-refractivity contribution >= 4 is 45.9 Å². The standard InChI is InChI=1S/C17H11Cl2N3O4/c18-8-5-6-9(11(19)7-8)15(24)21-22-17(26)13-14(23)10-3-1-2-4-12(10)20-16(13)25/h1-7H,(H,21,24)(H,22,26)(H2,20,23,25). The fraction of sp³-hybridized carbons (Fsp3) is 0. The van der Waals surface area contributed by atoms with E-state index in [9.17, 15) is 19.5 Å². The van der Waals surface area contributed by atoms with Crippen molar-refractivity contribution in [2.45, 2.75) is 0 Å². The average Bonchev–Trinajstić information content (AvgIpc) is 2.59. The second-order valence-corrected chi connectivity index (χ2v) is 6.10. The number of hydrazine groups is 1. The van der Waals surface area contributed by atoms with Crippen molar-refractivity contribution in [2.24, 2.45) is 0 Å². The number of benzene rings is 2. The van der Waals surface area contributed by atoms with Crippen molar-refractivity contribution in [3.63, 3.8) is 0 Å². The number of amides is 2. The van der Waals surface area contributed by atoms with Gasteiger partial charge in [0, 0.05) is 10.4 Å². The number of H-pyrrole nitrogens is 1. The fourth-order valence-corrected chi connectivity index (χ4v) is 2.85. The summed E-state index contributed by atoms with van der Waals surface area (Å²) in [6.45, 7) is 0. The SMILES string of the molecule is O=C(NNC(=O)c1c(O)c2ccccc2[nH]c1=O)c1ccc(Cl)cc1Cl. The Morgan fingerprint density at radius 2 is 1.69 bits per heavy atom. The Labute approximate surface area is 156 Å². The van der Waals surface area contributed by atoms with Gasteiger partial charge in [-0.05, 0) is 30.3 Å². The minimum atomic E-state index is -0.979. The number of rotatable bonds is 2. The zero-order valence-corrected chi connectivity index (χ0v) is 14.5. The number of aromatic hydroxyl groups is 1. The zero-order chi connectivity index (χ0) is 18.8. The maximum atomic E-state index is 12.2. The maximum absolute atomic E-state index is 12.2. The lowest BCUT2D eigenvalue weighted by Gasteiger charge is -2.10. The van der Waals surface area contributed by atoms with Gasteiger partial charge in [-0.15, -0.1) is 0 Å². The third-order valence-electron chi connectivity index (χ3n) is 3.59. The molecule has 2 amide bonds. The van der Waals surface area contributed by atoms with Crippen LogP contribution in [0.3, 0.4) is 0 Å². The predicted octanol–water partition coefficient (Wildman–Crippen LogP) is 2.62. The molecule has 0 bridgehead atoms. The van der Waals surface area contributed by atoms with E-state index < -0.39 is 28.7 Å². The summed E-state index contributed by atoms with van der Waals surface area (Å²) in [5.74, 6) is -2.18. The molecule has 7 nitrogen and oxygen atoms in total. The third kappa shape index (κ3) is 3.35. The minimum absolute atomic E-state index is 0.0769. The van der Waals surface area contributed by atoms with Crippen LogP contribution in [0.1, 0.15) is 20.7 Å². The van der Waals surface area contributed by atoms with E-state index in [0.717, 1.165) is 0 Å². The van der Waals surface area contributed by atoms with Gasteiger partial charge >= 0.3 is 0 Å². The Bertz CT molecular complexity index is 1100. The fourth-order valence-electron chi connectivity index (χ4n) is 2.35. The predicted molar refractivity (Wildman–Crippen MR) is 97.6 cm³/mol. The summed E-state index contributed by atoms with van der Waals surface area (Å²) in [6, 6.07) is 10.7. The maximum Gasteiger partial charge on any atom is 0.279 e. The molecule has 0 aliphatic heterocycles. The first-order valence-electron chi connectivity index (χ1n) is 7.28. The number of hydrogen-bond donors (Lipinski definition) is 4. The minimum Gasteiger partial charge on any atom is -0.506 e. The molecular formula is C17H11Cl2N3O4. The van der Waals surface area contributed by atoms with Crippen LogP contribution in [-0.2, 0) is 0 Å². The van der Waals surface area contributed by atoms with Gasteiger partial charge in [0.25, 0.3) is 17.4 Å². The first-order chi connectivity index (χ1) is 12.4. The molecule has 26 heavy (non-hydrogen) atoms. The molecular weight excluding hydrogens is 381 g/mol. The summed E-state index contributed by atoms with van der Waals surface area (Å²) in [6.07, 6.45) is 0. The Morgan fingerprint density at radius 1 is 1.00 bits per heavy atom. The molecule has 0 spiro atoms. The third-order valence-corrected chi connectivity index (χ3v) is 4.13. The normalized spacial score (nSPS) is 10.5. The highest BCUT2D eigenvalue weighted by molar-refractivity contribution is 6.36. The van der Waals surface area contributed by atoms with E-state index in [-0.39, 0.29) is 10.6 Å². The molecule has 0 saturated heterocycles. The van der Waals surface area contributed by atoms with Gasteiger partial charge in [0.05, 0.1) is 16.1 Å². The van der Waals surface area contributed by atoms with Gasteiger partial charge < -0.3 is 10.1 Å². The topological polar surface area (TPSA) is 111 Å². The van der Waals surface area contributed by atoms with Crippen molar-refractivity contribution in [3.8, 4) is 5.75 Å². The molecule has 0 aliphatic carbocycles. The lowest BCUT2D eigenvalue weighted by Crippen LogP contribution is -2.43. The van der Waals surface area contributed by atoms with Gasteiger partial charge in [-0.2, -0.15) is 0 Å².